The van der Waals surface area contributed by atoms with Crippen LogP contribution in [-0.4, -0.2) is 40.5 Å². The number of benzene rings is 1. The number of hydrogen-bond acceptors (Lipinski definition) is 6. The SMILES string of the molecule is CCCNC(=O)C1CCCN(c2nccc3nc(NCc4ccccc4C)ncc23)C1. The summed E-state index contributed by atoms with van der Waals surface area (Å²) < 4.78 is 0. The molecule has 1 aromatic carbocycles. The Labute approximate surface area is 183 Å². The largest absolute Gasteiger partial charge is 0.356 e. The summed E-state index contributed by atoms with van der Waals surface area (Å²) in [4.78, 5) is 28.5. The summed E-state index contributed by atoms with van der Waals surface area (Å²) >= 11 is 0. The Morgan fingerprint density at radius 3 is 2.94 bits per heavy atom. The fourth-order valence-corrected chi connectivity index (χ4v) is 4.04. The van der Waals surface area contributed by atoms with Crippen LogP contribution in [0.2, 0.25) is 0 Å². The zero-order valence-electron chi connectivity index (χ0n) is 18.3. The standard InChI is InChI=1S/C24H30N6O/c1-3-11-26-23(31)19-9-6-13-30(16-19)22-20-15-28-24(29-21(20)10-12-25-22)27-14-18-8-5-4-7-17(18)2/h4-5,7-8,10,12,15,19H,3,6,9,11,13-14,16H2,1-2H3,(H,26,31)(H,27,28,29). The van der Waals surface area contributed by atoms with Crippen molar-refractivity contribution in [3.63, 3.8) is 0 Å². The van der Waals surface area contributed by atoms with Crippen molar-refractivity contribution < 1.29 is 4.79 Å². The number of amides is 1. The fraction of sp³-hybridized carbons (Fsp3) is 0.417. The molecule has 7 nitrogen and oxygen atoms in total. The summed E-state index contributed by atoms with van der Waals surface area (Å²) in [6.45, 7) is 7.14. The molecule has 3 aromatic rings. The van der Waals surface area contributed by atoms with Crippen molar-refractivity contribution in [3.8, 4) is 0 Å². The van der Waals surface area contributed by atoms with Gasteiger partial charge < -0.3 is 15.5 Å². The van der Waals surface area contributed by atoms with Crippen LogP contribution < -0.4 is 15.5 Å². The van der Waals surface area contributed by atoms with Gasteiger partial charge in [-0.15, -0.1) is 0 Å². The Morgan fingerprint density at radius 1 is 1.23 bits per heavy atom. The highest BCUT2D eigenvalue weighted by Crippen LogP contribution is 2.28. The van der Waals surface area contributed by atoms with E-state index in [0.717, 1.165) is 49.1 Å². The van der Waals surface area contributed by atoms with Crippen LogP contribution in [0.1, 0.15) is 37.3 Å². The van der Waals surface area contributed by atoms with Crippen molar-refractivity contribution in [3.05, 3.63) is 53.9 Å². The third-order valence-corrected chi connectivity index (χ3v) is 5.83. The number of piperidine rings is 1. The predicted molar refractivity (Wildman–Crippen MR) is 124 cm³/mol. The molecule has 0 aliphatic carbocycles. The predicted octanol–water partition coefficient (Wildman–Crippen LogP) is 3.69. The molecule has 1 amide bonds. The van der Waals surface area contributed by atoms with E-state index in [4.69, 9.17) is 4.98 Å². The Hall–Kier alpha value is -3.22. The van der Waals surface area contributed by atoms with E-state index in [0.29, 0.717) is 19.0 Å². The molecule has 1 fully saturated rings. The van der Waals surface area contributed by atoms with Gasteiger partial charge in [-0.3, -0.25) is 4.79 Å². The zero-order valence-corrected chi connectivity index (χ0v) is 18.3. The van der Waals surface area contributed by atoms with Crippen LogP contribution in [0.25, 0.3) is 10.9 Å². The van der Waals surface area contributed by atoms with E-state index in [-0.39, 0.29) is 11.8 Å². The van der Waals surface area contributed by atoms with Gasteiger partial charge in [-0.05, 0) is 43.4 Å². The average molecular weight is 419 g/mol. The van der Waals surface area contributed by atoms with Gasteiger partial charge in [0.15, 0.2) is 0 Å². The highest BCUT2D eigenvalue weighted by atomic mass is 16.1. The van der Waals surface area contributed by atoms with Crippen LogP contribution >= 0.6 is 0 Å². The number of hydrogen-bond donors (Lipinski definition) is 2. The third kappa shape index (κ3) is 4.93. The second kappa shape index (κ2) is 9.73. The second-order valence-electron chi connectivity index (χ2n) is 8.12. The van der Waals surface area contributed by atoms with Gasteiger partial charge in [0.25, 0.3) is 0 Å². The molecule has 3 heterocycles. The van der Waals surface area contributed by atoms with Crippen LogP contribution in [0.15, 0.2) is 42.7 Å². The Kier molecular flexibility index (Phi) is 6.60. The molecule has 0 saturated carbocycles. The number of pyridine rings is 1. The average Bonchev–Trinajstić information content (AvgIpc) is 2.81. The van der Waals surface area contributed by atoms with Crippen molar-refractivity contribution in [2.75, 3.05) is 29.9 Å². The summed E-state index contributed by atoms with van der Waals surface area (Å²) in [5.41, 5.74) is 3.32. The van der Waals surface area contributed by atoms with Crippen LogP contribution in [0.4, 0.5) is 11.8 Å². The quantitative estimate of drug-likeness (QED) is 0.609. The molecular formula is C24H30N6O. The van der Waals surface area contributed by atoms with E-state index < -0.39 is 0 Å². The van der Waals surface area contributed by atoms with E-state index in [9.17, 15) is 4.79 Å². The lowest BCUT2D eigenvalue weighted by molar-refractivity contribution is -0.125. The number of anilines is 2. The number of nitrogens with one attached hydrogen (secondary N) is 2. The summed E-state index contributed by atoms with van der Waals surface area (Å²) in [6, 6.07) is 10.2. The number of rotatable bonds is 7. The summed E-state index contributed by atoms with van der Waals surface area (Å²) in [5, 5.41) is 7.27. The van der Waals surface area contributed by atoms with E-state index >= 15 is 0 Å². The first-order valence-corrected chi connectivity index (χ1v) is 11.1. The minimum Gasteiger partial charge on any atom is -0.356 e. The monoisotopic (exact) mass is 418 g/mol. The number of nitrogens with zero attached hydrogens (tertiary/aromatic N) is 4. The molecule has 1 aliphatic heterocycles. The number of aryl methyl sites for hydroxylation is 1. The van der Waals surface area contributed by atoms with Gasteiger partial charge in [0.1, 0.15) is 5.82 Å². The van der Waals surface area contributed by atoms with Crippen molar-refractivity contribution in [2.45, 2.75) is 39.7 Å². The summed E-state index contributed by atoms with van der Waals surface area (Å²) in [7, 11) is 0. The first-order chi connectivity index (χ1) is 15.2. The van der Waals surface area contributed by atoms with E-state index in [2.05, 4.69) is 51.5 Å². The van der Waals surface area contributed by atoms with Gasteiger partial charge >= 0.3 is 0 Å². The minimum absolute atomic E-state index is 0.00618. The summed E-state index contributed by atoms with van der Waals surface area (Å²) in [5.74, 6) is 1.60. The molecular weight excluding hydrogens is 388 g/mol. The zero-order chi connectivity index (χ0) is 21.6. The number of carbonyl (C=O) groups excluding carboxylic acids is 1. The van der Waals surface area contributed by atoms with E-state index in [1.165, 1.54) is 11.1 Å². The molecule has 31 heavy (non-hydrogen) atoms. The van der Waals surface area contributed by atoms with Gasteiger partial charge in [0.2, 0.25) is 11.9 Å². The topological polar surface area (TPSA) is 83.0 Å². The first-order valence-electron chi connectivity index (χ1n) is 11.1. The lowest BCUT2D eigenvalue weighted by Crippen LogP contribution is -2.43. The summed E-state index contributed by atoms with van der Waals surface area (Å²) in [6.07, 6.45) is 6.46. The lowest BCUT2D eigenvalue weighted by Gasteiger charge is -2.33. The molecule has 1 aliphatic rings. The van der Waals surface area contributed by atoms with Crippen LogP contribution in [-0.2, 0) is 11.3 Å². The van der Waals surface area contributed by atoms with Gasteiger partial charge in [-0.2, -0.15) is 0 Å². The molecule has 1 unspecified atom stereocenters. The molecule has 162 valence electrons. The molecule has 2 N–H and O–H groups in total. The highest BCUT2D eigenvalue weighted by molar-refractivity contribution is 5.90. The van der Waals surface area contributed by atoms with E-state index in [1.807, 2.05) is 24.4 Å². The molecule has 0 radical (unpaired) electrons. The maximum Gasteiger partial charge on any atom is 0.224 e. The Balaban J connectivity index is 1.50. The first kappa shape index (κ1) is 21.0. The van der Waals surface area contributed by atoms with Crippen molar-refractivity contribution in [1.82, 2.24) is 20.3 Å². The van der Waals surface area contributed by atoms with Crippen molar-refractivity contribution >= 4 is 28.6 Å². The van der Waals surface area contributed by atoms with E-state index in [1.54, 1.807) is 6.20 Å². The van der Waals surface area contributed by atoms with Gasteiger partial charge in [-0.1, -0.05) is 31.2 Å². The van der Waals surface area contributed by atoms with Crippen LogP contribution in [0.3, 0.4) is 0 Å². The molecule has 0 bridgehead atoms. The second-order valence-corrected chi connectivity index (χ2v) is 8.12. The minimum atomic E-state index is -0.00618. The molecule has 4 rings (SSSR count). The lowest BCUT2D eigenvalue weighted by atomic mass is 9.97. The fourth-order valence-electron chi connectivity index (χ4n) is 4.04. The van der Waals surface area contributed by atoms with Crippen molar-refractivity contribution in [2.24, 2.45) is 5.92 Å². The Bertz CT molecular complexity index is 1050. The number of fused-ring (bicyclic) bond motifs is 1. The molecule has 1 atom stereocenters. The van der Waals surface area contributed by atoms with Gasteiger partial charge in [-0.25, -0.2) is 15.0 Å². The van der Waals surface area contributed by atoms with Gasteiger partial charge in [0, 0.05) is 38.6 Å². The Morgan fingerprint density at radius 2 is 2.10 bits per heavy atom. The third-order valence-electron chi connectivity index (χ3n) is 5.83. The molecule has 0 spiro atoms. The maximum atomic E-state index is 12.5. The highest BCUT2D eigenvalue weighted by Gasteiger charge is 2.27. The normalized spacial score (nSPS) is 16.3. The van der Waals surface area contributed by atoms with Crippen molar-refractivity contribution in [1.29, 1.82) is 0 Å². The molecule has 2 aromatic heterocycles. The number of aromatic nitrogens is 3. The molecule has 1 saturated heterocycles. The van der Waals surface area contributed by atoms with Gasteiger partial charge in [0.05, 0.1) is 16.8 Å². The smallest absolute Gasteiger partial charge is 0.224 e. The van der Waals surface area contributed by atoms with Crippen LogP contribution in [0, 0.1) is 12.8 Å². The maximum absolute atomic E-state index is 12.5. The molecule has 7 heteroatoms. The number of carbonyl (C=O) groups is 1. The van der Waals surface area contributed by atoms with Crippen LogP contribution in [0.5, 0.6) is 0 Å².